The van der Waals surface area contributed by atoms with E-state index in [1.807, 2.05) is 31.3 Å². The highest BCUT2D eigenvalue weighted by Crippen LogP contribution is 2.25. The number of rotatable bonds is 1. The van der Waals surface area contributed by atoms with Crippen molar-refractivity contribution in [1.82, 2.24) is 29.7 Å². The Morgan fingerprint density at radius 3 is 2.76 bits per heavy atom. The van der Waals surface area contributed by atoms with Crippen LogP contribution in [0.4, 0.5) is 0 Å². The summed E-state index contributed by atoms with van der Waals surface area (Å²) in [6, 6.07) is 7.71. The third kappa shape index (κ3) is 1.62. The molecule has 4 rings (SSSR count). The molecule has 3 heterocycles. The molecule has 4 aromatic rings. The lowest BCUT2D eigenvalue weighted by Gasteiger charge is -1.91. The van der Waals surface area contributed by atoms with E-state index in [9.17, 15) is 9.59 Å². The van der Waals surface area contributed by atoms with Crippen LogP contribution in [0, 0.1) is 0 Å². The summed E-state index contributed by atoms with van der Waals surface area (Å²) < 4.78 is 1.74. The summed E-state index contributed by atoms with van der Waals surface area (Å²) in [4.78, 5) is 34.8. The Hall–Kier alpha value is -3.16. The molecule has 0 radical (unpaired) electrons. The van der Waals surface area contributed by atoms with Gasteiger partial charge in [0.1, 0.15) is 11.2 Å². The zero-order valence-corrected chi connectivity index (χ0v) is 11.0. The van der Waals surface area contributed by atoms with Gasteiger partial charge in [0.05, 0.1) is 5.52 Å². The summed E-state index contributed by atoms with van der Waals surface area (Å²) >= 11 is 0. The molecule has 21 heavy (non-hydrogen) atoms. The normalized spacial score (nSPS) is 11.5. The Balaban J connectivity index is 2.07. The molecule has 0 bridgehead atoms. The van der Waals surface area contributed by atoms with Crippen LogP contribution in [0.1, 0.15) is 0 Å². The minimum atomic E-state index is -0.587. The quantitative estimate of drug-likeness (QED) is 0.471. The van der Waals surface area contributed by atoms with E-state index in [1.165, 1.54) is 0 Å². The van der Waals surface area contributed by atoms with Crippen LogP contribution < -0.4 is 11.2 Å². The van der Waals surface area contributed by atoms with Gasteiger partial charge in [0, 0.05) is 12.4 Å². The van der Waals surface area contributed by atoms with Crippen molar-refractivity contribution < 1.29 is 0 Å². The maximum atomic E-state index is 11.7. The Morgan fingerprint density at radius 1 is 1.10 bits per heavy atom. The van der Waals surface area contributed by atoms with Gasteiger partial charge in [-0.25, -0.2) is 9.78 Å². The van der Waals surface area contributed by atoms with Gasteiger partial charge >= 0.3 is 5.69 Å². The molecule has 0 amide bonds. The lowest BCUT2D eigenvalue weighted by Crippen LogP contribution is -2.21. The van der Waals surface area contributed by atoms with Crippen LogP contribution in [0.25, 0.3) is 33.6 Å². The molecule has 3 aromatic heterocycles. The highest BCUT2D eigenvalue weighted by Gasteiger charge is 2.15. The summed E-state index contributed by atoms with van der Waals surface area (Å²) in [5.74, 6) is 0.439. The lowest BCUT2D eigenvalue weighted by atomic mass is 10.2. The monoisotopic (exact) mass is 282 g/mol. The number of imidazole rings is 1. The van der Waals surface area contributed by atoms with Gasteiger partial charge in [0.15, 0.2) is 11.5 Å². The van der Waals surface area contributed by atoms with Crippen molar-refractivity contribution in [2.75, 3.05) is 0 Å². The Bertz CT molecular complexity index is 1100. The number of para-hydroxylation sites is 1. The highest BCUT2D eigenvalue weighted by atomic mass is 16.2. The van der Waals surface area contributed by atoms with Crippen molar-refractivity contribution >= 4 is 22.1 Å². The molecule has 0 unspecified atom stereocenters. The number of nitrogens with zero attached hydrogens (tertiary/aromatic N) is 3. The molecule has 104 valence electrons. The van der Waals surface area contributed by atoms with Crippen LogP contribution in [-0.2, 0) is 7.05 Å². The summed E-state index contributed by atoms with van der Waals surface area (Å²) in [7, 11) is 1.84. The molecule has 0 saturated heterocycles. The van der Waals surface area contributed by atoms with Crippen LogP contribution in [0.15, 0.2) is 33.9 Å². The largest absolute Gasteiger partial charge is 0.331 e. The first kappa shape index (κ1) is 11.6. The minimum Gasteiger partial charge on any atom is -0.331 e. The van der Waals surface area contributed by atoms with Gasteiger partial charge in [0.25, 0.3) is 5.56 Å². The second-order valence-corrected chi connectivity index (χ2v) is 4.71. The average molecular weight is 282 g/mol. The van der Waals surface area contributed by atoms with Crippen molar-refractivity contribution in [3.05, 3.63) is 45.1 Å². The number of hydrogen-bond donors (Lipinski definition) is 3. The molecule has 0 aliphatic carbocycles. The van der Waals surface area contributed by atoms with E-state index in [-0.39, 0.29) is 11.2 Å². The van der Waals surface area contributed by atoms with Gasteiger partial charge in [-0.15, -0.1) is 0 Å². The van der Waals surface area contributed by atoms with Crippen LogP contribution >= 0.6 is 0 Å². The van der Waals surface area contributed by atoms with Crippen LogP contribution in [0.3, 0.4) is 0 Å². The predicted molar refractivity (Wildman–Crippen MR) is 77.0 cm³/mol. The zero-order valence-electron chi connectivity index (χ0n) is 11.0. The summed E-state index contributed by atoms with van der Waals surface area (Å²) in [5.41, 5.74) is 0.928. The smallest absolute Gasteiger partial charge is 0.327 e. The molecule has 0 fully saturated rings. The second kappa shape index (κ2) is 3.92. The SMILES string of the molecule is Cn1nc(-c2nc3[nH]c(=O)[nH]c(=O)c3[nH]2)c2ccccc21. The van der Waals surface area contributed by atoms with E-state index < -0.39 is 11.2 Å². The van der Waals surface area contributed by atoms with Crippen LogP contribution in [-0.4, -0.2) is 29.7 Å². The topological polar surface area (TPSA) is 112 Å². The standard InChI is InChI=1S/C13H10N6O2/c1-19-7-5-3-2-4-6(7)8(18-19)10-14-9-11(15-10)16-13(21)17-12(9)20/h2-5H,1H3,(H3,14,15,16,17,20,21). The molecule has 0 atom stereocenters. The molecule has 8 heteroatoms. The number of H-pyrrole nitrogens is 3. The van der Waals surface area contributed by atoms with Gasteiger partial charge in [-0.1, -0.05) is 18.2 Å². The maximum absolute atomic E-state index is 11.7. The van der Waals surface area contributed by atoms with Gasteiger partial charge in [-0.3, -0.25) is 19.4 Å². The second-order valence-electron chi connectivity index (χ2n) is 4.71. The summed E-state index contributed by atoms with van der Waals surface area (Å²) in [6.45, 7) is 0. The number of aromatic amines is 3. The number of fused-ring (bicyclic) bond motifs is 2. The van der Waals surface area contributed by atoms with Crippen molar-refractivity contribution in [2.45, 2.75) is 0 Å². The van der Waals surface area contributed by atoms with Crippen molar-refractivity contribution in [1.29, 1.82) is 0 Å². The molecule has 3 N–H and O–H groups in total. The molecule has 0 saturated carbocycles. The van der Waals surface area contributed by atoms with Crippen molar-refractivity contribution in [3.63, 3.8) is 0 Å². The molecule has 0 spiro atoms. The van der Waals surface area contributed by atoms with Crippen LogP contribution in [0.5, 0.6) is 0 Å². The van der Waals surface area contributed by atoms with E-state index in [0.717, 1.165) is 10.9 Å². The predicted octanol–water partition coefficient (Wildman–Crippen LogP) is 0.493. The Labute approximate surface area is 116 Å². The minimum absolute atomic E-state index is 0.216. The number of aromatic nitrogens is 6. The Kier molecular flexibility index (Phi) is 2.17. The van der Waals surface area contributed by atoms with E-state index in [2.05, 4.69) is 25.0 Å². The molecule has 1 aromatic carbocycles. The van der Waals surface area contributed by atoms with Crippen LogP contribution in [0.2, 0.25) is 0 Å². The lowest BCUT2D eigenvalue weighted by molar-refractivity contribution is 0.798. The van der Waals surface area contributed by atoms with E-state index in [0.29, 0.717) is 11.5 Å². The highest BCUT2D eigenvalue weighted by molar-refractivity contribution is 5.92. The Morgan fingerprint density at radius 2 is 1.90 bits per heavy atom. The van der Waals surface area contributed by atoms with Gasteiger partial charge in [-0.2, -0.15) is 5.10 Å². The number of benzene rings is 1. The third-order valence-electron chi connectivity index (χ3n) is 3.37. The maximum Gasteiger partial charge on any atom is 0.327 e. The first-order valence-corrected chi connectivity index (χ1v) is 6.28. The van der Waals surface area contributed by atoms with Crippen molar-refractivity contribution in [2.24, 2.45) is 7.05 Å². The van der Waals surface area contributed by atoms with Gasteiger partial charge < -0.3 is 4.98 Å². The number of hydrogen-bond acceptors (Lipinski definition) is 4. The fourth-order valence-electron chi connectivity index (χ4n) is 2.43. The molecular formula is C13H10N6O2. The third-order valence-corrected chi connectivity index (χ3v) is 3.37. The van der Waals surface area contributed by atoms with E-state index in [1.54, 1.807) is 4.68 Å². The summed E-state index contributed by atoms with van der Waals surface area (Å²) in [6.07, 6.45) is 0. The van der Waals surface area contributed by atoms with Gasteiger partial charge in [0.2, 0.25) is 0 Å². The van der Waals surface area contributed by atoms with E-state index in [4.69, 9.17) is 0 Å². The zero-order chi connectivity index (χ0) is 14.6. The average Bonchev–Trinajstić information content (AvgIpc) is 3.01. The number of aryl methyl sites for hydroxylation is 1. The molecule has 0 aliphatic rings. The van der Waals surface area contributed by atoms with E-state index >= 15 is 0 Å². The number of nitrogens with one attached hydrogen (secondary N) is 3. The molecule has 0 aliphatic heterocycles. The fourth-order valence-corrected chi connectivity index (χ4v) is 2.43. The van der Waals surface area contributed by atoms with Gasteiger partial charge in [-0.05, 0) is 6.07 Å². The first-order chi connectivity index (χ1) is 10.1. The van der Waals surface area contributed by atoms with Crippen molar-refractivity contribution in [3.8, 4) is 11.5 Å². The summed E-state index contributed by atoms with van der Waals surface area (Å²) in [5, 5.41) is 5.34. The molecular weight excluding hydrogens is 272 g/mol. The fraction of sp³-hybridized carbons (Fsp3) is 0.0769. The molecule has 8 nitrogen and oxygen atoms in total. The first-order valence-electron chi connectivity index (χ1n) is 6.28.